The van der Waals surface area contributed by atoms with Gasteiger partial charge in [-0.3, -0.25) is 9.59 Å². The van der Waals surface area contributed by atoms with E-state index in [0.29, 0.717) is 25.3 Å². The summed E-state index contributed by atoms with van der Waals surface area (Å²) in [7, 11) is 0. The summed E-state index contributed by atoms with van der Waals surface area (Å²) in [4.78, 5) is 31.6. The number of hydrogen-bond donors (Lipinski definition) is 0. The molecule has 2 saturated heterocycles. The van der Waals surface area contributed by atoms with Gasteiger partial charge in [-0.05, 0) is 19.3 Å². The van der Waals surface area contributed by atoms with Crippen molar-refractivity contribution in [2.24, 2.45) is 0 Å². The fourth-order valence-electron chi connectivity index (χ4n) is 2.76. The fourth-order valence-corrected chi connectivity index (χ4v) is 2.76. The minimum Gasteiger partial charge on any atom is -0.343 e. The van der Waals surface area contributed by atoms with Gasteiger partial charge >= 0.3 is 0 Å². The van der Waals surface area contributed by atoms with Gasteiger partial charge in [-0.2, -0.15) is 4.98 Å². The number of nitrogens with zero attached hydrogens (tertiary/aromatic N) is 4. The fraction of sp³-hybridized carbons (Fsp3) is 0.667. The number of aromatic nitrogens is 2. The molecule has 1 aromatic rings. The number of rotatable bonds is 3. The lowest BCUT2D eigenvalue weighted by molar-refractivity contribution is -0.157. The van der Waals surface area contributed by atoms with E-state index in [0.717, 1.165) is 19.3 Å². The van der Waals surface area contributed by atoms with Gasteiger partial charge in [0.25, 0.3) is 0 Å². The molecule has 2 aliphatic heterocycles. The van der Waals surface area contributed by atoms with Crippen LogP contribution in [0.5, 0.6) is 0 Å². The Morgan fingerprint density at radius 2 is 2.26 bits per heavy atom. The average molecular weight is 264 g/mol. The Labute approximate surface area is 110 Å². The topological polar surface area (TPSA) is 79.5 Å². The molecule has 1 aromatic heterocycles. The van der Waals surface area contributed by atoms with Crippen molar-refractivity contribution in [2.75, 3.05) is 19.6 Å². The first-order chi connectivity index (χ1) is 9.25. The van der Waals surface area contributed by atoms with Crippen LogP contribution in [0.3, 0.4) is 0 Å². The van der Waals surface area contributed by atoms with E-state index in [1.54, 1.807) is 9.80 Å². The molecule has 0 aliphatic carbocycles. The largest absolute Gasteiger partial charge is 0.343 e. The van der Waals surface area contributed by atoms with Crippen molar-refractivity contribution >= 4 is 11.8 Å². The Morgan fingerprint density at radius 3 is 3.05 bits per heavy atom. The second-order valence-electron chi connectivity index (χ2n) is 4.96. The predicted molar refractivity (Wildman–Crippen MR) is 63.9 cm³/mol. The summed E-state index contributed by atoms with van der Waals surface area (Å²) >= 11 is 0. The van der Waals surface area contributed by atoms with Crippen LogP contribution < -0.4 is 0 Å². The normalized spacial score (nSPS) is 23.7. The van der Waals surface area contributed by atoms with Crippen LogP contribution in [0.25, 0.3) is 0 Å². The van der Waals surface area contributed by atoms with Gasteiger partial charge in [-0.15, -0.1) is 0 Å². The van der Waals surface area contributed by atoms with E-state index in [9.17, 15) is 9.59 Å². The summed E-state index contributed by atoms with van der Waals surface area (Å²) in [6.45, 7) is 1.36. The van der Waals surface area contributed by atoms with Crippen molar-refractivity contribution < 1.29 is 14.1 Å². The van der Waals surface area contributed by atoms with Crippen LogP contribution in [0, 0.1) is 0 Å². The van der Waals surface area contributed by atoms with Crippen LogP contribution in [0.1, 0.15) is 25.1 Å². The van der Waals surface area contributed by atoms with E-state index < -0.39 is 0 Å². The smallest absolute Gasteiger partial charge is 0.245 e. The van der Waals surface area contributed by atoms with E-state index in [2.05, 4.69) is 14.7 Å². The highest BCUT2D eigenvalue weighted by Crippen LogP contribution is 2.23. The Hall–Kier alpha value is -1.92. The average Bonchev–Trinajstić information content (AvgIpc) is 2.95. The second kappa shape index (κ2) is 4.99. The standard InChI is InChI=1S/C12H16N4O3/c17-11-7-15(6-4-10-13-8-19-14-10)12(18)9-3-1-2-5-16(9)11/h8-9H,1-7H2. The molecular formula is C12H16N4O3. The van der Waals surface area contributed by atoms with Crippen LogP contribution in [-0.4, -0.2) is 57.4 Å². The molecule has 0 saturated carbocycles. The van der Waals surface area contributed by atoms with Crippen molar-refractivity contribution in [3.63, 3.8) is 0 Å². The van der Waals surface area contributed by atoms with E-state index in [1.807, 2.05) is 0 Å². The molecule has 0 radical (unpaired) electrons. The molecule has 0 bridgehead atoms. The summed E-state index contributed by atoms with van der Waals surface area (Å²) in [6.07, 6.45) is 4.57. The van der Waals surface area contributed by atoms with Gasteiger partial charge < -0.3 is 14.3 Å². The summed E-state index contributed by atoms with van der Waals surface area (Å²) < 4.78 is 4.65. The van der Waals surface area contributed by atoms with Gasteiger partial charge in [-0.1, -0.05) is 5.16 Å². The maximum absolute atomic E-state index is 12.3. The number of piperidine rings is 1. The minimum absolute atomic E-state index is 0.0532. The van der Waals surface area contributed by atoms with Crippen LogP contribution in [0.2, 0.25) is 0 Å². The van der Waals surface area contributed by atoms with Gasteiger partial charge in [0.1, 0.15) is 6.04 Å². The molecule has 7 nitrogen and oxygen atoms in total. The monoisotopic (exact) mass is 264 g/mol. The van der Waals surface area contributed by atoms with Gasteiger partial charge in [-0.25, -0.2) is 0 Å². The SMILES string of the molecule is O=C1C2CCCCN2C(=O)CN1CCc1ncon1. The van der Waals surface area contributed by atoms with E-state index in [-0.39, 0.29) is 24.4 Å². The van der Waals surface area contributed by atoms with Gasteiger partial charge in [0.15, 0.2) is 5.82 Å². The molecule has 7 heteroatoms. The van der Waals surface area contributed by atoms with Gasteiger partial charge in [0, 0.05) is 19.5 Å². The quantitative estimate of drug-likeness (QED) is 0.757. The first kappa shape index (κ1) is 12.1. The molecule has 102 valence electrons. The van der Waals surface area contributed by atoms with E-state index in [1.165, 1.54) is 6.39 Å². The Balaban J connectivity index is 1.65. The van der Waals surface area contributed by atoms with Crippen LogP contribution in [0.4, 0.5) is 0 Å². The zero-order chi connectivity index (χ0) is 13.2. The van der Waals surface area contributed by atoms with E-state index >= 15 is 0 Å². The van der Waals surface area contributed by atoms with Crippen molar-refractivity contribution in [1.29, 1.82) is 0 Å². The molecule has 2 amide bonds. The van der Waals surface area contributed by atoms with Gasteiger partial charge in [0.05, 0.1) is 6.54 Å². The van der Waals surface area contributed by atoms with Crippen molar-refractivity contribution in [2.45, 2.75) is 31.7 Å². The molecule has 0 aromatic carbocycles. The summed E-state index contributed by atoms with van der Waals surface area (Å²) in [6, 6.07) is -0.250. The third-order valence-electron chi connectivity index (χ3n) is 3.76. The Morgan fingerprint density at radius 1 is 1.37 bits per heavy atom. The second-order valence-corrected chi connectivity index (χ2v) is 4.96. The molecule has 19 heavy (non-hydrogen) atoms. The predicted octanol–water partition coefficient (Wildman–Crippen LogP) is -0.165. The molecule has 2 fully saturated rings. The zero-order valence-electron chi connectivity index (χ0n) is 10.6. The lowest BCUT2D eigenvalue weighted by Gasteiger charge is -2.42. The molecule has 3 rings (SSSR count). The summed E-state index contributed by atoms with van der Waals surface area (Å²) in [5.41, 5.74) is 0. The van der Waals surface area contributed by atoms with Crippen LogP contribution >= 0.6 is 0 Å². The maximum Gasteiger partial charge on any atom is 0.245 e. The first-order valence-corrected chi connectivity index (χ1v) is 6.59. The first-order valence-electron chi connectivity index (χ1n) is 6.59. The molecule has 1 unspecified atom stereocenters. The molecule has 2 aliphatic rings. The summed E-state index contributed by atoms with van der Waals surface area (Å²) in [5, 5.41) is 3.71. The van der Waals surface area contributed by atoms with Crippen molar-refractivity contribution in [3.05, 3.63) is 12.2 Å². The van der Waals surface area contributed by atoms with Crippen molar-refractivity contribution in [1.82, 2.24) is 19.9 Å². The lowest BCUT2D eigenvalue weighted by Crippen LogP contribution is -2.61. The summed E-state index contributed by atoms with van der Waals surface area (Å²) in [5.74, 6) is 0.673. The zero-order valence-corrected chi connectivity index (χ0v) is 10.6. The third kappa shape index (κ3) is 2.32. The van der Waals surface area contributed by atoms with Crippen molar-refractivity contribution in [3.8, 4) is 0 Å². The number of carbonyl (C=O) groups excluding carboxylic acids is 2. The molecular weight excluding hydrogens is 248 g/mol. The number of amides is 2. The van der Waals surface area contributed by atoms with Gasteiger partial charge in [0.2, 0.25) is 18.2 Å². The maximum atomic E-state index is 12.3. The molecule has 3 heterocycles. The number of fused-ring (bicyclic) bond motifs is 1. The molecule has 0 N–H and O–H groups in total. The number of hydrogen-bond acceptors (Lipinski definition) is 5. The highest BCUT2D eigenvalue weighted by Gasteiger charge is 2.40. The van der Waals surface area contributed by atoms with Crippen LogP contribution in [-0.2, 0) is 16.0 Å². The molecule has 0 spiro atoms. The lowest BCUT2D eigenvalue weighted by atomic mass is 9.98. The highest BCUT2D eigenvalue weighted by atomic mass is 16.5. The highest BCUT2D eigenvalue weighted by molar-refractivity contribution is 5.95. The Kier molecular flexibility index (Phi) is 3.18. The third-order valence-corrected chi connectivity index (χ3v) is 3.76. The number of piperazine rings is 1. The van der Waals surface area contributed by atoms with Crippen LogP contribution in [0.15, 0.2) is 10.9 Å². The number of carbonyl (C=O) groups is 2. The molecule has 1 atom stereocenters. The Bertz CT molecular complexity index is 473. The minimum atomic E-state index is -0.250. The van der Waals surface area contributed by atoms with E-state index in [4.69, 9.17) is 0 Å².